The minimum absolute atomic E-state index is 0.201. The third kappa shape index (κ3) is 5.70. The van der Waals surface area contributed by atoms with Crippen molar-refractivity contribution in [2.24, 2.45) is 0 Å². The Kier molecular flexibility index (Phi) is 7.16. The number of aryl methyl sites for hydroxylation is 1. The summed E-state index contributed by atoms with van der Waals surface area (Å²) in [4.78, 5) is 29.7. The highest BCUT2D eigenvalue weighted by Gasteiger charge is 2.18. The molecule has 27 heavy (non-hydrogen) atoms. The maximum Gasteiger partial charge on any atom is 0.322 e. The molecule has 0 aliphatic heterocycles. The number of nitrogens with zero attached hydrogens (tertiary/aromatic N) is 3. The van der Waals surface area contributed by atoms with Gasteiger partial charge in [-0.05, 0) is 31.5 Å². The number of nitrogens with one attached hydrogen (secondary N) is 2. The van der Waals surface area contributed by atoms with Crippen LogP contribution >= 0.6 is 0 Å². The topological polar surface area (TPSA) is 110 Å². The van der Waals surface area contributed by atoms with Crippen molar-refractivity contribution < 1.29 is 18.8 Å². The summed E-state index contributed by atoms with van der Waals surface area (Å²) in [5.41, 5.74) is 1.01. The highest BCUT2D eigenvalue weighted by atomic mass is 16.5. The molecule has 146 valence electrons. The normalized spacial score (nSPS) is 10.4. The van der Waals surface area contributed by atoms with Gasteiger partial charge in [-0.2, -0.15) is 4.98 Å². The summed E-state index contributed by atoms with van der Waals surface area (Å²) in [6.07, 6.45) is 1.61. The van der Waals surface area contributed by atoms with Crippen molar-refractivity contribution >= 4 is 23.3 Å². The van der Waals surface area contributed by atoms with Crippen molar-refractivity contribution in [2.45, 2.75) is 40.2 Å². The first kappa shape index (κ1) is 20.2. The fourth-order valence-corrected chi connectivity index (χ4v) is 2.45. The van der Waals surface area contributed by atoms with E-state index in [2.05, 4.69) is 20.8 Å². The summed E-state index contributed by atoms with van der Waals surface area (Å²) in [6, 6.07) is 4.67. The zero-order valence-corrected chi connectivity index (χ0v) is 16.0. The number of anilines is 2. The zero-order chi connectivity index (χ0) is 19.8. The average Bonchev–Trinajstić information content (AvgIpc) is 3.07. The Balaban J connectivity index is 2.11. The van der Waals surface area contributed by atoms with Crippen LogP contribution in [-0.4, -0.2) is 40.6 Å². The monoisotopic (exact) mass is 375 g/mol. The van der Waals surface area contributed by atoms with Crippen LogP contribution in [-0.2, 0) is 17.8 Å². The van der Waals surface area contributed by atoms with E-state index in [4.69, 9.17) is 9.26 Å². The summed E-state index contributed by atoms with van der Waals surface area (Å²) in [5, 5.41) is 9.39. The van der Waals surface area contributed by atoms with Gasteiger partial charge in [-0.25, -0.2) is 4.79 Å². The molecule has 0 aliphatic carbocycles. The molecule has 3 amide bonds. The van der Waals surface area contributed by atoms with Gasteiger partial charge >= 0.3 is 6.03 Å². The minimum atomic E-state index is -0.336. The van der Waals surface area contributed by atoms with Crippen LogP contribution in [0.15, 0.2) is 22.7 Å². The second-order valence-electron chi connectivity index (χ2n) is 5.89. The summed E-state index contributed by atoms with van der Waals surface area (Å²) >= 11 is 0. The van der Waals surface area contributed by atoms with E-state index in [1.165, 1.54) is 14.0 Å². The molecule has 0 atom stereocenters. The maximum atomic E-state index is 12.7. The summed E-state index contributed by atoms with van der Waals surface area (Å²) in [7, 11) is 1.51. The van der Waals surface area contributed by atoms with E-state index in [0.29, 0.717) is 41.8 Å². The van der Waals surface area contributed by atoms with Crippen LogP contribution in [0.4, 0.5) is 16.2 Å². The fourth-order valence-electron chi connectivity index (χ4n) is 2.45. The number of amides is 3. The number of benzene rings is 1. The number of hydrogen-bond donors (Lipinski definition) is 2. The van der Waals surface area contributed by atoms with E-state index in [1.54, 1.807) is 23.1 Å². The molecule has 0 spiro atoms. The number of ether oxygens (including phenoxy) is 1. The molecule has 9 nitrogen and oxygen atoms in total. The van der Waals surface area contributed by atoms with Gasteiger partial charge in [0.2, 0.25) is 11.8 Å². The van der Waals surface area contributed by atoms with Gasteiger partial charge in [0.15, 0.2) is 5.82 Å². The highest BCUT2D eigenvalue weighted by molar-refractivity contribution is 5.94. The van der Waals surface area contributed by atoms with Crippen molar-refractivity contribution in [2.75, 3.05) is 24.3 Å². The van der Waals surface area contributed by atoms with Gasteiger partial charge in [-0.3, -0.25) is 4.79 Å². The number of urea groups is 1. The van der Waals surface area contributed by atoms with E-state index < -0.39 is 0 Å². The molecule has 0 radical (unpaired) electrons. The Labute approximate surface area is 158 Å². The van der Waals surface area contributed by atoms with E-state index >= 15 is 0 Å². The van der Waals surface area contributed by atoms with E-state index in [9.17, 15) is 9.59 Å². The van der Waals surface area contributed by atoms with Gasteiger partial charge in [0, 0.05) is 25.6 Å². The first-order chi connectivity index (χ1) is 13.0. The van der Waals surface area contributed by atoms with Gasteiger partial charge in [-0.1, -0.05) is 12.1 Å². The molecular weight excluding hydrogens is 350 g/mol. The van der Waals surface area contributed by atoms with Crippen molar-refractivity contribution in [1.29, 1.82) is 0 Å². The Hall–Kier alpha value is -3.10. The smallest absolute Gasteiger partial charge is 0.322 e. The Morgan fingerprint density at radius 2 is 2.04 bits per heavy atom. The summed E-state index contributed by atoms with van der Waals surface area (Å²) in [6.45, 7) is 5.98. The largest absolute Gasteiger partial charge is 0.495 e. The van der Waals surface area contributed by atoms with Crippen LogP contribution in [0.5, 0.6) is 5.75 Å². The van der Waals surface area contributed by atoms with E-state index in [1.807, 2.05) is 13.8 Å². The van der Waals surface area contributed by atoms with Crippen LogP contribution < -0.4 is 15.4 Å². The Morgan fingerprint density at radius 1 is 1.26 bits per heavy atom. The second-order valence-corrected chi connectivity index (χ2v) is 5.89. The number of hydrogen-bond acceptors (Lipinski definition) is 6. The lowest BCUT2D eigenvalue weighted by atomic mass is 10.2. The standard InChI is InChI=1S/C18H25N5O4/c1-5-7-17-21-16(22-27-17)11-23(6-2)18(25)20-14-10-13(19-12(3)24)8-9-15(14)26-4/h8-10H,5-7,11H2,1-4H3,(H,19,24)(H,20,25). The van der Waals surface area contributed by atoms with Crippen LogP contribution in [0.25, 0.3) is 0 Å². The van der Waals surface area contributed by atoms with Crippen LogP contribution in [0, 0.1) is 0 Å². The van der Waals surface area contributed by atoms with Crippen molar-refractivity contribution in [3.05, 3.63) is 29.9 Å². The number of carbonyl (C=O) groups is 2. The number of methoxy groups -OCH3 is 1. The zero-order valence-electron chi connectivity index (χ0n) is 16.0. The van der Waals surface area contributed by atoms with E-state index in [-0.39, 0.29) is 18.5 Å². The summed E-state index contributed by atoms with van der Waals surface area (Å²) in [5.74, 6) is 1.30. The molecule has 2 N–H and O–H groups in total. The molecule has 0 aliphatic rings. The predicted octanol–water partition coefficient (Wildman–Crippen LogP) is 3.04. The lowest BCUT2D eigenvalue weighted by Crippen LogP contribution is -2.34. The molecule has 0 saturated carbocycles. The first-order valence-corrected chi connectivity index (χ1v) is 8.79. The van der Waals surface area contributed by atoms with Crippen molar-refractivity contribution in [3.8, 4) is 5.75 Å². The van der Waals surface area contributed by atoms with Gasteiger partial charge < -0.3 is 24.8 Å². The minimum Gasteiger partial charge on any atom is -0.495 e. The predicted molar refractivity (Wildman–Crippen MR) is 101 cm³/mol. The molecule has 0 bridgehead atoms. The molecule has 1 aromatic carbocycles. The highest BCUT2D eigenvalue weighted by Crippen LogP contribution is 2.28. The molecule has 9 heteroatoms. The molecule has 0 fully saturated rings. The fraction of sp³-hybridized carbons (Fsp3) is 0.444. The Bertz CT molecular complexity index is 790. The van der Waals surface area contributed by atoms with Gasteiger partial charge in [0.05, 0.1) is 19.3 Å². The SMILES string of the molecule is CCCc1nc(CN(CC)C(=O)Nc2cc(NC(C)=O)ccc2OC)no1. The quantitative estimate of drug-likeness (QED) is 0.734. The molecular formula is C18H25N5O4. The van der Waals surface area contributed by atoms with Gasteiger partial charge in [0.25, 0.3) is 0 Å². The third-order valence-electron chi connectivity index (χ3n) is 3.74. The molecule has 1 heterocycles. The molecule has 0 unspecified atom stereocenters. The molecule has 0 saturated heterocycles. The third-order valence-corrected chi connectivity index (χ3v) is 3.74. The van der Waals surface area contributed by atoms with Crippen molar-refractivity contribution in [3.63, 3.8) is 0 Å². The Morgan fingerprint density at radius 3 is 2.67 bits per heavy atom. The first-order valence-electron chi connectivity index (χ1n) is 8.79. The van der Waals surface area contributed by atoms with Crippen molar-refractivity contribution in [1.82, 2.24) is 15.0 Å². The van der Waals surface area contributed by atoms with Gasteiger partial charge in [-0.15, -0.1) is 0 Å². The number of carbonyl (C=O) groups excluding carboxylic acids is 2. The number of rotatable bonds is 8. The average molecular weight is 375 g/mol. The lowest BCUT2D eigenvalue weighted by molar-refractivity contribution is -0.114. The second kappa shape index (κ2) is 9.56. The van der Waals surface area contributed by atoms with E-state index in [0.717, 1.165) is 6.42 Å². The lowest BCUT2D eigenvalue weighted by Gasteiger charge is -2.21. The van der Waals surface area contributed by atoms with Gasteiger partial charge in [0.1, 0.15) is 5.75 Å². The van der Waals surface area contributed by atoms with Crippen LogP contribution in [0.2, 0.25) is 0 Å². The molecule has 2 aromatic rings. The van der Waals surface area contributed by atoms with Crippen LogP contribution in [0.1, 0.15) is 38.9 Å². The number of aromatic nitrogens is 2. The summed E-state index contributed by atoms with van der Waals surface area (Å²) < 4.78 is 10.4. The molecule has 2 rings (SSSR count). The maximum absolute atomic E-state index is 12.7. The molecule has 1 aromatic heterocycles. The van der Waals surface area contributed by atoms with Crippen LogP contribution in [0.3, 0.4) is 0 Å².